The van der Waals surface area contributed by atoms with Crippen LogP contribution in [0.25, 0.3) is 0 Å². The Hall–Kier alpha value is -1.17. The Bertz CT molecular complexity index is 610. The lowest BCUT2D eigenvalue weighted by atomic mass is 10.1. The summed E-state index contributed by atoms with van der Waals surface area (Å²) in [5, 5.41) is 26.1. The lowest BCUT2D eigenvalue weighted by molar-refractivity contribution is -0.0201. The minimum Gasteiger partial charge on any atom is -0.505 e. The maximum absolute atomic E-state index is 13.4. The van der Waals surface area contributed by atoms with Gasteiger partial charge in [0.05, 0.1) is 25.4 Å². The van der Waals surface area contributed by atoms with Gasteiger partial charge in [0.1, 0.15) is 0 Å². The number of ether oxygens (including phenoxy) is 1. The normalized spacial score (nSPS) is 17.7. The highest BCUT2D eigenvalue weighted by molar-refractivity contribution is 14.0. The second kappa shape index (κ2) is 11.6. The number of aliphatic imine (C=N–C) groups is 1. The molecule has 0 aromatic heterocycles. The molecular formula is C18H30FIN4O3. The number of hydrogen-bond acceptors (Lipinski definition) is 5. The van der Waals surface area contributed by atoms with E-state index < -0.39 is 11.4 Å². The predicted molar refractivity (Wildman–Crippen MR) is 114 cm³/mol. The van der Waals surface area contributed by atoms with Crippen molar-refractivity contribution in [3.63, 3.8) is 0 Å². The molecule has 9 heteroatoms. The van der Waals surface area contributed by atoms with E-state index >= 15 is 0 Å². The van der Waals surface area contributed by atoms with E-state index in [1.807, 2.05) is 6.92 Å². The van der Waals surface area contributed by atoms with Gasteiger partial charge in [-0.1, -0.05) is 6.07 Å². The van der Waals surface area contributed by atoms with Gasteiger partial charge in [-0.05, 0) is 31.5 Å². The fraction of sp³-hybridized carbons (Fsp3) is 0.611. The lowest BCUT2D eigenvalue weighted by Gasteiger charge is -2.34. The van der Waals surface area contributed by atoms with Crippen LogP contribution in [-0.4, -0.2) is 72.6 Å². The first-order valence-corrected chi connectivity index (χ1v) is 8.91. The largest absolute Gasteiger partial charge is 0.505 e. The molecule has 1 aromatic carbocycles. The van der Waals surface area contributed by atoms with Gasteiger partial charge < -0.3 is 25.6 Å². The van der Waals surface area contributed by atoms with Gasteiger partial charge in [0, 0.05) is 32.7 Å². The zero-order valence-electron chi connectivity index (χ0n) is 15.9. The average Bonchev–Trinajstić information content (AvgIpc) is 2.61. The fourth-order valence-electron chi connectivity index (χ4n) is 2.73. The standard InChI is InChI=1S/C18H29FN4O3.HI/c1-3-20-17(21-11-14-4-5-16(24)15(19)10-14)22-12-18(2,25)13-23-6-8-26-9-7-23;/h4-5,10,24-25H,3,6-9,11-13H2,1-2H3,(H2,20,21,22);1H. The highest BCUT2D eigenvalue weighted by Crippen LogP contribution is 2.16. The van der Waals surface area contributed by atoms with E-state index in [4.69, 9.17) is 4.74 Å². The number of aromatic hydroxyl groups is 1. The third-order valence-electron chi connectivity index (χ3n) is 4.08. The quantitative estimate of drug-likeness (QED) is 0.259. The zero-order chi connectivity index (χ0) is 19.0. The van der Waals surface area contributed by atoms with Crippen molar-refractivity contribution in [1.82, 2.24) is 15.5 Å². The van der Waals surface area contributed by atoms with Crippen LogP contribution in [0.4, 0.5) is 4.39 Å². The van der Waals surface area contributed by atoms with Gasteiger partial charge in [0.15, 0.2) is 17.5 Å². The molecule has 1 fully saturated rings. The first-order valence-electron chi connectivity index (χ1n) is 8.91. The van der Waals surface area contributed by atoms with Crippen LogP contribution in [0.1, 0.15) is 19.4 Å². The Morgan fingerprint density at radius 3 is 2.67 bits per heavy atom. The number of morpholine rings is 1. The van der Waals surface area contributed by atoms with Crippen LogP contribution in [0.5, 0.6) is 5.75 Å². The third-order valence-corrected chi connectivity index (χ3v) is 4.08. The van der Waals surface area contributed by atoms with Gasteiger partial charge in [-0.25, -0.2) is 9.38 Å². The monoisotopic (exact) mass is 496 g/mol. The Balaban J connectivity index is 0.00000364. The number of nitrogens with zero attached hydrogens (tertiary/aromatic N) is 2. The number of aliphatic hydroxyl groups is 1. The van der Waals surface area contributed by atoms with Crippen molar-refractivity contribution >= 4 is 29.9 Å². The number of benzene rings is 1. The summed E-state index contributed by atoms with van der Waals surface area (Å²) in [7, 11) is 0. The summed E-state index contributed by atoms with van der Waals surface area (Å²) < 4.78 is 18.7. The molecule has 0 spiro atoms. The van der Waals surface area contributed by atoms with E-state index in [0.717, 1.165) is 13.1 Å². The summed E-state index contributed by atoms with van der Waals surface area (Å²) in [5.41, 5.74) is -0.268. The number of phenolic OH excluding ortho intramolecular Hbond substituents is 1. The van der Waals surface area contributed by atoms with E-state index in [0.29, 0.717) is 44.4 Å². The fourth-order valence-corrected chi connectivity index (χ4v) is 2.73. The maximum atomic E-state index is 13.4. The predicted octanol–water partition coefficient (Wildman–Crippen LogP) is 1.29. The summed E-state index contributed by atoms with van der Waals surface area (Å²) in [6.45, 7) is 8.56. The van der Waals surface area contributed by atoms with Crippen molar-refractivity contribution in [2.24, 2.45) is 4.99 Å². The molecule has 0 saturated carbocycles. The number of guanidine groups is 1. The van der Waals surface area contributed by atoms with E-state index in [-0.39, 0.29) is 36.3 Å². The van der Waals surface area contributed by atoms with E-state index in [2.05, 4.69) is 20.5 Å². The first-order chi connectivity index (χ1) is 12.4. The van der Waals surface area contributed by atoms with Gasteiger partial charge in [-0.2, -0.15) is 0 Å². The molecule has 1 aromatic rings. The summed E-state index contributed by atoms with van der Waals surface area (Å²) in [5.74, 6) is -0.491. The molecule has 0 radical (unpaired) electrons. The van der Waals surface area contributed by atoms with E-state index in [9.17, 15) is 14.6 Å². The highest BCUT2D eigenvalue weighted by Gasteiger charge is 2.25. The van der Waals surface area contributed by atoms with Crippen LogP contribution in [0, 0.1) is 5.82 Å². The van der Waals surface area contributed by atoms with Gasteiger partial charge in [0.2, 0.25) is 0 Å². The minimum absolute atomic E-state index is 0. The van der Waals surface area contributed by atoms with Crippen molar-refractivity contribution in [2.45, 2.75) is 26.0 Å². The molecule has 1 unspecified atom stereocenters. The van der Waals surface area contributed by atoms with Gasteiger partial charge in [0.25, 0.3) is 0 Å². The molecule has 4 N–H and O–H groups in total. The second-order valence-electron chi connectivity index (χ2n) is 6.72. The average molecular weight is 496 g/mol. The molecule has 154 valence electrons. The number of halogens is 2. The van der Waals surface area contributed by atoms with Crippen LogP contribution in [-0.2, 0) is 11.3 Å². The van der Waals surface area contributed by atoms with Crippen molar-refractivity contribution in [3.05, 3.63) is 29.6 Å². The molecule has 1 saturated heterocycles. The molecule has 0 bridgehead atoms. The van der Waals surface area contributed by atoms with E-state index in [1.165, 1.54) is 12.1 Å². The summed E-state index contributed by atoms with van der Waals surface area (Å²) >= 11 is 0. The molecule has 7 nitrogen and oxygen atoms in total. The van der Waals surface area contributed by atoms with Gasteiger partial charge in [-0.15, -0.1) is 24.0 Å². The molecule has 1 aliphatic heterocycles. The van der Waals surface area contributed by atoms with Gasteiger partial charge >= 0.3 is 0 Å². The zero-order valence-corrected chi connectivity index (χ0v) is 18.2. The summed E-state index contributed by atoms with van der Waals surface area (Å²) in [6.07, 6.45) is 0. The molecule has 2 rings (SSSR count). The van der Waals surface area contributed by atoms with Crippen molar-refractivity contribution in [3.8, 4) is 5.75 Å². The topological polar surface area (TPSA) is 89.4 Å². The Labute approximate surface area is 177 Å². The van der Waals surface area contributed by atoms with Crippen LogP contribution in [0.15, 0.2) is 23.2 Å². The van der Waals surface area contributed by atoms with Crippen LogP contribution in [0.2, 0.25) is 0 Å². The van der Waals surface area contributed by atoms with Gasteiger partial charge in [-0.3, -0.25) is 4.90 Å². The Morgan fingerprint density at radius 1 is 1.33 bits per heavy atom. The second-order valence-corrected chi connectivity index (χ2v) is 6.72. The first kappa shape index (κ1) is 23.9. The van der Waals surface area contributed by atoms with Crippen molar-refractivity contribution in [2.75, 3.05) is 45.9 Å². The smallest absolute Gasteiger partial charge is 0.191 e. The number of phenols is 1. The molecule has 1 heterocycles. The molecule has 0 amide bonds. The molecular weight excluding hydrogens is 466 g/mol. The molecule has 1 atom stereocenters. The van der Waals surface area contributed by atoms with Crippen LogP contribution < -0.4 is 10.6 Å². The number of nitrogens with one attached hydrogen (secondary N) is 2. The summed E-state index contributed by atoms with van der Waals surface area (Å²) in [6, 6.07) is 4.20. The third kappa shape index (κ3) is 8.58. The van der Waals surface area contributed by atoms with Crippen molar-refractivity contribution < 1.29 is 19.3 Å². The number of rotatable bonds is 7. The molecule has 27 heavy (non-hydrogen) atoms. The Morgan fingerprint density at radius 2 is 2.04 bits per heavy atom. The van der Waals surface area contributed by atoms with Crippen LogP contribution in [0.3, 0.4) is 0 Å². The van der Waals surface area contributed by atoms with E-state index in [1.54, 1.807) is 13.0 Å². The minimum atomic E-state index is -0.918. The number of β-amino-alcohol motifs (C(OH)–C–C–N with tert-alkyl or cyclic N) is 1. The Kier molecular flexibility index (Phi) is 10.3. The number of hydrogen-bond donors (Lipinski definition) is 4. The maximum Gasteiger partial charge on any atom is 0.191 e. The summed E-state index contributed by atoms with van der Waals surface area (Å²) in [4.78, 5) is 6.58. The van der Waals surface area contributed by atoms with Crippen molar-refractivity contribution in [1.29, 1.82) is 0 Å². The SMILES string of the molecule is CCNC(=NCc1ccc(O)c(F)c1)NCC(C)(O)CN1CCOCC1.I. The molecule has 1 aliphatic rings. The molecule has 0 aliphatic carbocycles. The highest BCUT2D eigenvalue weighted by atomic mass is 127. The van der Waals surface area contributed by atoms with Crippen LogP contribution >= 0.6 is 24.0 Å². The lowest BCUT2D eigenvalue weighted by Crippen LogP contribution is -2.52.